The summed E-state index contributed by atoms with van der Waals surface area (Å²) in [5, 5.41) is 0. The molecule has 0 unspecified atom stereocenters. The summed E-state index contributed by atoms with van der Waals surface area (Å²) in [5.74, 6) is 0. The van der Waals surface area contributed by atoms with Crippen molar-refractivity contribution in [1.29, 1.82) is 0 Å². The van der Waals surface area contributed by atoms with Crippen molar-refractivity contribution in [2.24, 2.45) is 5.41 Å². The minimum Gasteiger partial charge on any atom is -1.00 e. The van der Waals surface area contributed by atoms with Gasteiger partial charge in [0.1, 0.15) is 0 Å². The van der Waals surface area contributed by atoms with E-state index in [4.69, 9.17) is 9.47 Å². The zero-order valence-corrected chi connectivity index (χ0v) is 9.14. The molecule has 0 radical (unpaired) electrons. The first-order valence-electron chi connectivity index (χ1n) is 4.22. The van der Waals surface area contributed by atoms with Gasteiger partial charge in [-0.05, 0) is 12.3 Å². The van der Waals surface area contributed by atoms with Crippen molar-refractivity contribution in [2.75, 3.05) is 26.4 Å². The summed E-state index contributed by atoms with van der Waals surface area (Å²) in [6, 6.07) is 0. The molecule has 0 bridgehead atoms. The first-order chi connectivity index (χ1) is 5.06. The molecule has 0 saturated carbocycles. The van der Waals surface area contributed by atoms with Crippen molar-refractivity contribution in [3.63, 3.8) is 0 Å². The molecule has 0 aromatic rings. The predicted octanol–water partition coefficient (Wildman–Crippen LogP) is -0.798. The van der Waals surface area contributed by atoms with Crippen molar-refractivity contribution in [2.45, 2.75) is 27.7 Å². The average molecular weight is 168 g/mol. The number of ether oxygens (including phenoxy) is 2. The van der Waals surface area contributed by atoms with Crippen molar-refractivity contribution < 1.29 is 29.8 Å². The second-order valence-electron chi connectivity index (χ2n) is 3.81. The summed E-state index contributed by atoms with van der Waals surface area (Å²) in [7, 11) is 0. The van der Waals surface area contributed by atoms with Gasteiger partial charge in [0.05, 0.1) is 19.8 Å². The van der Waals surface area contributed by atoms with E-state index in [1.807, 2.05) is 6.92 Å². The van der Waals surface area contributed by atoms with Gasteiger partial charge in [-0.3, -0.25) is 0 Å². The third-order valence-electron chi connectivity index (χ3n) is 1.11. The molecule has 0 atom stereocenters. The number of hydrogen-bond acceptors (Lipinski definition) is 2. The molecule has 0 aromatic carbocycles. The van der Waals surface area contributed by atoms with Crippen LogP contribution in [0.15, 0.2) is 0 Å². The summed E-state index contributed by atoms with van der Waals surface area (Å²) in [6.07, 6.45) is 0. The molecule has 0 N–H and O–H groups in total. The molecule has 3 heteroatoms. The van der Waals surface area contributed by atoms with Gasteiger partial charge < -0.3 is 10.9 Å². The van der Waals surface area contributed by atoms with Crippen LogP contribution in [0.25, 0.3) is 0 Å². The van der Waals surface area contributed by atoms with E-state index in [1.54, 1.807) is 0 Å². The molecule has 0 aliphatic rings. The zero-order valence-electron chi connectivity index (χ0n) is 10.1. The fraction of sp³-hybridized carbons (Fsp3) is 1.00. The Balaban J connectivity index is -0.000000500. The first-order valence-corrected chi connectivity index (χ1v) is 4.22. The van der Waals surface area contributed by atoms with E-state index in [1.165, 1.54) is 0 Å². The molecule has 12 heavy (non-hydrogen) atoms. The maximum atomic E-state index is 5.38. The fourth-order valence-electron chi connectivity index (χ4n) is 0.641. The van der Waals surface area contributed by atoms with Crippen LogP contribution < -0.4 is 18.9 Å². The molecule has 0 amide bonds. The molecule has 0 rings (SSSR count). The number of hydrogen-bond donors (Lipinski definition) is 0. The SMILES string of the molecule is CCOCCOCC(C)(C)C.[H-].[Li+]. The van der Waals surface area contributed by atoms with E-state index >= 15 is 0 Å². The summed E-state index contributed by atoms with van der Waals surface area (Å²) in [6.45, 7) is 11.5. The van der Waals surface area contributed by atoms with Crippen LogP contribution >= 0.6 is 0 Å². The van der Waals surface area contributed by atoms with Crippen LogP contribution in [-0.2, 0) is 9.47 Å². The first kappa shape index (κ1) is 15.0. The summed E-state index contributed by atoms with van der Waals surface area (Å²) in [5.41, 5.74) is 0.270. The van der Waals surface area contributed by atoms with E-state index in [-0.39, 0.29) is 25.7 Å². The Labute approximate surface area is 89.7 Å². The average Bonchev–Trinajstić information content (AvgIpc) is 1.85. The second kappa shape index (κ2) is 8.13. The van der Waals surface area contributed by atoms with E-state index in [9.17, 15) is 0 Å². The molecule has 0 aliphatic carbocycles. The Bertz CT molecular complexity index is 94.1. The molecule has 0 fully saturated rings. The van der Waals surface area contributed by atoms with Crippen molar-refractivity contribution in [3.8, 4) is 0 Å². The van der Waals surface area contributed by atoms with Gasteiger partial charge >= 0.3 is 18.9 Å². The van der Waals surface area contributed by atoms with Gasteiger partial charge in [-0.15, -0.1) is 0 Å². The van der Waals surface area contributed by atoms with Crippen LogP contribution in [0, 0.1) is 5.41 Å². The Hall–Kier alpha value is 0.517. The van der Waals surface area contributed by atoms with Crippen LogP contribution in [-0.4, -0.2) is 26.4 Å². The van der Waals surface area contributed by atoms with Gasteiger partial charge in [-0.2, -0.15) is 0 Å². The molecule has 0 heterocycles. The van der Waals surface area contributed by atoms with E-state index < -0.39 is 0 Å². The smallest absolute Gasteiger partial charge is 1.00 e. The number of rotatable bonds is 5. The maximum Gasteiger partial charge on any atom is 1.00 e. The Morgan fingerprint density at radius 1 is 1.08 bits per heavy atom. The molecule has 0 saturated heterocycles. The van der Waals surface area contributed by atoms with Gasteiger partial charge in [0.2, 0.25) is 0 Å². The van der Waals surface area contributed by atoms with E-state index in [0.717, 1.165) is 13.2 Å². The minimum absolute atomic E-state index is 0. The van der Waals surface area contributed by atoms with Gasteiger partial charge in [0, 0.05) is 6.61 Å². The summed E-state index contributed by atoms with van der Waals surface area (Å²) >= 11 is 0. The zero-order chi connectivity index (χ0) is 8.74. The topological polar surface area (TPSA) is 18.5 Å². The Morgan fingerprint density at radius 3 is 2.00 bits per heavy atom. The summed E-state index contributed by atoms with van der Waals surface area (Å²) < 4.78 is 10.5. The molecule has 0 aliphatic heterocycles. The molecule has 0 spiro atoms. The molecular formula is C9H21LiO2. The van der Waals surface area contributed by atoms with Gasteiger partial charge in [-0.25, -0.2) is 0 Å². The fourth-order valence-corrected chi connectivity index (χ4v) is 0.641. The van der Waals surface area contributed by atoms with Crippen LogP contribution in [0.1, 0.15) is 29.1 Å². The van der Waals surface area contributed by atoms with Crippen LogP contribution in [0.4, 0.5) is 0 Å². The van der Waals surface area contributed by atoms with Crippen molar-refractivity contribution in [1.82, 2.24) is 0 Å². The normalized spacial score (nSPS) is 11.0. The monoisotopic (exact) mass is 168 g/mol. The Kier molecular flexibility index (Phi) is 10.2. The van der Waals surface area contributed by atoms with Crippen molar-refractivity contribution >= 4 is 0 Å². The summed E-state index contributed by atoms with van der Waals surface area (Å²) in [4.78, 5) is 0. The van der Waals surface area contributed by atoms with Gasteiger partial charge in [0.25, 0.3) is 0 Å². The third kappa shape index (κ3) is 13.1. The maximum absolute atomic E-state index is 5.38. The Morgan fingerprint density at radius 2 is 1.58 bits per heavy atom. The van der Waals surface area contributed by atoms with E-state index in [2.05, 4.69) is 20.8 Å². The van der Waals surface area contributed by atoms with E-state index in [0.29, 0.717) is 13.2 Å². The van der Waals surface area contributed by atoms with Crippen molar-refractivity contribution in [3.05, 3.63) is 0 Å². The van der Waals surface area contributed by atoms with Crippen LogP contribution in [0.2, 0.25) is 0 Å². The standard InChI is InChI=1S/C9H20O2.Li.H/c1-5-10-6-7-11-8-9(2,3)4;;/h5-8H2,1-4H3;;/q;+1;-1. The second-order valence-corrected chi connectivity index (χ2v) is 3.81. The molecule has 70 valence electrons. The van der Waals surface area contributed by atoms with Gasteiger partial charge in [0.15, 0.2) is 0 Å². The quantitative estimate of drug-likeness (QED) is 0.395. The minimum atomic E-state index is 0. The van der Waals surface area contributed by atoms with Gasteiger partial charge in [-0.1, -0.05) is 20.8 Å². The van der Waals surface area contributed by atoms with Crippen LogP contribution in [0.5, 0.6) is 0 Å². The molecular weight excluding hydrogens is 147 g/mol. The molecule has 0 aromatic heterocycles. The predicted molar refractivity (Wildman–Crippen MR) is 47.9 cm³/mol. The van der Waals surface area contributed by atoms with Crippen LogP contribution in [0.3, 0.4) is 0 Å². The molecule has 2 nitrogen and oxygen atoms in total. The largest absolute Gasteiger partial charge is 1.00 e. The third-order valence-corrected chi connectivity index (χ3v) is 1.11.